The Morgan fingerprint density at radius 2 is 1.92 bits per heavy atom. The minimum Gasteiger partial charge on any atom is -0.480 e. The molecule has 8 heteroatoms. The fraction of sp³-hybridized carbons (Fsp3) is 0.500. The lowest BCUT2D eigenvalue weighted by atomic mass is 10.1. The average molecular weight is 385 g/mol. The number of alkyl halides is 1. The number of benzene rings is 1. The molecule has 0 saturated carbocycles. The molecule has 26 heavy (non-hydrogen) atoms. The fourth-order valence-corrected chi connectivity index (χ4v) is 2.11. The molecule has 0 unspecified atom stereocenters. The third kappa shape index (κ3) is 9.27. The molecule has 1 rings (SSSR count). The second-order valence-corrected chi connectivity index (χ2v) is 6.89. The fourth-order valence-electron chi connectivity index (χ4n) is 1.93. The quantitative estimate of drug-likeness (QED) is 0.385. The first-order valence-corrected chi connectivity index (χ1v) is 8.74. The van der Waals surface area contributed by atoms with Gasteiger partial charge < -0.3 is 20.0 Å². The summed E-state index contributed by atoms with van der Waals surface area (Å²) in [5.74, 6) is -1.05. The van der Waals surface area contributed by atoms with Gasteiger partial charge in [0.25, 0.3) is 0 Å². The molecule has 0 aliphatic rings. The molecule has 0 fully saturated rings. The zero-order chi connectivity index (χ0) is 19.6. The van der Waals surface area contributed by atoms with Crippen LogP contribution >= 0.6 is 11.6 Å². The van der Waals surface area contributed by atoms with Gasteiger partial charge in [-0.15, -0.1) is 11.6 Å². The van der Waals surface area contributed by atoms with Gasteiger partial charge in [0.15, 0.2) is 0 Å². The largest absolute Gasteiger partial charge is 0.480 e. The Morgan fingerprint density at radius 3 is 2.46 bits per heavy atom. The number of carboxylic acid groups (broad SMARTS) is 1. The van der Waals surface area contributed by atoms with Crippen molar-refractivity contribution >= 4 is 29.4 Å². The molecule has 1 amide bonds. The van der Waals surface area contributed by atoms with Gasteiger partial charge in [-0.2, -0.15) is 0 Å². The first-order chi connectivity index (χ1) is 12.2. The van der Waals surface area contributed by atoms with Crippen molar-refractivity contribution in [2.45, 2.75) is 51.9 Å². The molecule has 0 spiro atoms. The number of halogens is 1. The highest BCUT2D eigenvalue weighted by atomic mass is 35.5. The van der Waals surface area contributed by atoms with Crippen molar-refractivity contribution in [2.75, 3.05) is 5.88 Å². The van der Waals surface area contributed by atoms with Crippen molar-refractivity contribution in [3.05, 3.63) is 35.9 Å². The molecule has 1 aromatic carbocycles. The molecule has 2 N–H and O–H groups in total. The van der Waals surface area contributed by atoms with Gasteiger partial charge in [0.05, 0.1) is 11.6 Å². The zero-order valence-electron chi connectivity index (χ0n) is 15.2. The molecule has 0 radical (unpaired) electrons. The number of oxime groups is 1. The maximum Gasteiger partial charge on any atom is 0.408 e. The highest BCUT2D eigenvalue weighted by Gasteiger charge is 2.24. The lowest BCUT2D eigenvalue weighted by molar-refractivity contribution is -0.139. The van der Waals surface area contributed by atoms with E-state index in [-0.39, 0.29) is 18.7 Å². The van der Waals surface area contributed by atoms with Crippen molar-refractivity contribution in [3.8, 4) is 0 Å². The van der Waals surface area contributed by atoms with Crippen LogP contribution in [-0.2, 0) is 21.0 Å². The first kappa shape index (κ1) is 21.8. The summed E-state index contributed by atoms with van der Waals surface area (Å²) in [4.78, 5) is 28.3. The summed E-state index contributed by atoms with van der Waals surface area (Å²) in [6, 6.07) is 8.39. The van der Waals surface area contributed by atoms with Crippen LogP contribution in [0.2, 0.25) is 0 Å². The van der Waals surface area contributed by atoms with Gasteiger partial charge >= 0.3 is 12.1 Å². The summed E-state index contributed by atoms with van der Waals surface area (Å²) in [5.41, 5.74) is 0.751. The Bertz CT molecular complexity index is 614. The number of aliphatic carboxylic acids is 1. The number of nitrogens with one attached hydrogen (secondary N) is 1. The van der Waals surface area contributed by atoms with Crippen LogP contribution in [0, 0.1) is 0 Å². The minimum atomic E-state index is -1.16. The van der Waals surface area contributed by atoms with E-state index in [1.807, 2.05) is 30.3 Å². The molecule has 0 aliphatic carbocycles. The van der Waals surface area contributed by atoms with E-state index in [0.717, 1.165) is 5.56 Å². The van der Waals surface area contributed by atoms with Gasteiger partial charge in [-0.25, -0.2) is 9.59 Å². The minimum absolute atomic E-state index is 0.105. The van der Waals surface area contributed by atoms with Crippen LogP contribution in [0.1, 0.15) is 39.2 Å². The van der Waals surface area contributed by atoms with E-state index in [9.17, 15) is 14.7 Å². The predicted molar refractivity (Wildman–Crippen MR) is 99.4 cm³/mol. The van der Waals surface area contributed by atoms with Gasteiger partial charge in [-0.1, -0.05) is 35.5 Å². The van der Waals surface area contributed by atoms with Gasteiger partial charge in [-0.3, -0.25) is 0 Å². The Morgan fingerprint density at radius 1 is 1.27 bits per heavy atom. The van der Waals surface area contributed by atoms with E-state index in [2.05, 4.69) is 10.5 Å². The standard InChI is InChI=1S/C18H25ClN2O5/c1-18(2,3)26-17(24)20-15(16(22)23)10-9-14(11-19)21-25-12-13-7-5-4-6-8-13/h4-8,15H,9-12H2,1-3H3,(H,20,24)(H,22,23)/b21-14-/t15-/m0/s1. The molecule has 0 bridgehead atoms. The zero-order valence-corrected chi connectivity index (χ0v) is 16.0. The Balaban J connectivity index is 2.52. The average Bonchev–Trinajstić information content (AvgIpc) is 2.55. The Kier molecular flexibility index (Phi) is 8.92. The van der Waals surface area contributed by atoms with E-state index in [4.69, 9.17) is 21.2 Å². The summed E-state index contributed by atoms with van der Waals surface area (Å²) < 4.78 is 5.07. The number of hydrogen-bond donors (Lipinski definition) is 2. The van der Waals surface area contributed by atoms with Gasteiger partial charge in [0, 0.05) is 0 Å². The first-order valence-electron chi connectivity index (χ1n) is 8.21. The number of hydrogen-bond acceptors (Lipinski definition) is 5. The SMILES string of the molecule is CC(C)(C)OC(=O)N[C@@H](CC/C(CCl)=N/OCc1ccccc1)C(=O)O. The summed E-state index contributed by atoms with van der Waals surface area (Å²) in [6.45, 7) is 5.39. The van der Waals surface area contributed by atoms with Crippen molar-refractivity contribution < 1.29 is 24.3 Å². The normalized spacial score (nSPS) is 13.0. The summed E-state index contributed by atoms with van der Waals surface area (Å²) in [5, 5.41) is 15.5. The topological polar surface area (TPSA) is 97.2 Å². The van der Waals surface area contributed by atoms with Crippen molar-refractivity contribution in [2.24, 2.45) is 5.16 Å². The van der Waals surface area contributed by atoms with Crippen LogP contribution in [0.4, 0.5) is 4.79 Å². The van der Waals surface area contributed by atoms with Gasteiger partial charge in [0.1, 0.15) is 18.2 Å². The summed E-state index contributed by atoms with van der Waals surface area (Å²) >= 11 is 5.83. The van der Waals surface area contributed by atoms with Crippen LogP contribution < -0.4 is 5.32 Å². The monoisotopic (exact) mass is 384 g/mol. The van der Waals surface area contributed by atoms with Gasteiger partial charge in [-0.05, 0) is 39.2 Å². The maximum atomic E-state index is 11.7. The number of rotatable bonds is 9. The number of ether oxygens (including phenoxy) is 1. The Labute approximate surface area is 158 Å². The smallest absolute Gasteiger partial charge is 0.408 e. The van der Waals surface area contributed by atoms with Crippen LogP contribution in [0.25, 0.3) is 0 Å². The molecule has 0 saturated heterocycles. The second kappa shape index (κ2) is 10.7. The molecule has 0 heterocycles. The van der Waals surface area contributed by atoms with Crippen LogP contribution in [0.5, 0.6) is 0 Å². The number of carbonyl (C=O) groups excluding carboxylic acids is 1. The van der Waals surface area contributed by atoms with Crippen LogP contribution in [0.3, 0.4) is 0 Å². The highest BCUT2D eigenvalue weighted by Crippen LogP contribution is 2.09. The van der Waals surface area contributed by atoms with E-state index in [1.54, 1.807) is 20.8 Å². The maximum absolute atomic E-state index is 11.7. The predicted octanol–water partition coefficient (Wildman–Crippen LogP) is 3.56. The van der Waals surface area contributed by atoms with E-state index < -0.39 is 23.7 Å². The highest BCUT2D eigenvalue weighted by molar-refractivity contribution is 6.28. The molecule has 7 nitrogen and oxygen atoms in total. The second-order valence-electron chi connectivity index (χ2n) is 6.63. The van der Waals surface area contributed by atoms with Crippen LogP contribution in [-0.4, -0.2) is 40.4 Å². The van der Waals surface area contributed by atoms with Crippen LogP contribution in [0.15, 0.2) is 35.5 Å². The van der Waals surface area contributed by atoms with E-state index >= 15 is 0 Å². The van der Waals surface area contributed by atoms with Gasteiger partial charge in [0.2, 0.25) is 0 Å². The Hall–Kier alpha value is -2.28. The molecule has 144 valence electrons. The summed E-state index contributed by atoms with van der Waals surface area (Å²) in [6.07, 6.45) is -0.394. The van der Waals surface area contributed by atoms with Crippen molar-refractivity contribution in [3.63, 3.8) is 0 Å². The molecule has 0 aromatic heterocycles. The molecule has 0 aliphatic heterocycles. The van der Waals surface area contributed by atoms with E-state index in [0.29, 0.717) is 12.3 Å². The number of alkyl carbamates (subject to hydrolysis) is 1. The molecule has 1 atom stereocenters. The number of amides is 1. The lowest BCUT2D eigenvalue weighted by Gasteiger charge is -2.22. The lowest BCUT2D eigenvalue weighted by Crippen LogP contribution is -2.43. The number of carbonyl (C=O) groups is 2. The number of nitrogens with zero attached hydrogens (tertiary/aromatic N) is 1. The van der Waals surface area contributed by atoms with Crippen molar-refractivity contribution in [1.29, 1.82) is 0 Å². The molecular weight excluding hydrogens is 360 g/mol. The number of carboxylic acids is 1. The third-order valence-corrected chi connectivity index (χ3v) is 3.44. The molecular formula is C18H25ClN2O5. The van der Waals surface area contributed by atoms with Crippen molar-refractivity contribution in [1.82, 2.24) is 5.32 Å². The molecule has 1 aromatic rings. The van der Waals surface area contributed by atoms with E-state index in [1.165, 1.54) is 0 Å². The summed E-state index contributed by atoms with van der Waals surface area (Å²) in [7, 11) is 0. The third-order valence-electron chi connectivity index (χ3n) is 3.13.